The molecule has 2 aromatic rings. The summed E-state index contributed by atoms with van der Waals surface area (Å²) in [6, 6.07) is 15.4. The highest BCUT2D eigenvalue weighted by molar-refractivity contribution is 6.13. The number of rotatable bonds is 6. The molecule has 2 aromatic carbocycles. The Hall–Kier alpha value is -2.62. The van der Waals surface area contributed by atoms with Crippen molar-refractivity contribution < 1.29 is 9.59 Å². The number of piperidine rings is 1. The minimum absolute atomic E-state index is 0.0773. The molecule has 0 atom stereocenters. The van der Waals surface area contributed by atoms with Gasteiger partial charge in [-0.1, -0.05) is 0 Å². The van der Waals surface area contributed by atoms with Gasteiger partial charge in [-0.2, -0.15) is 0 Å². The fraction of sp³-hybridized carbons (Fsp3) is 0.417. The van der Waals surface area contributed by atoms with Crippen LogP contribution in [0, 0.1) is 0 Å². The molecule has 4 rings (SSSR count). The van der Waals surface area contributed by atoms with Crippen LogP contribution in [0.3, 0.4) is 0 Å². The summed E-state index contributed by atoms with van der Waals surface area (Å²) in [5, 5.41) is 0. The van der Waals surface area contributed by atoms with Crippen LogP contribution < -0.4 is 9.80 Å². The molecule has 4 heteroatoms. The average Bonchev–Trinajstić information content (AvgIpc) is 3.29. The number of benzene rings is 2. The molecule has 0 aromatic heterocycles. The fourth-order valence-electron chi connectivity index (χ4n) is 4.19. The van der Waals surface area contributed by atoms with E-state index < -0.39 is 0 Å². The van der Waals surface area contributed by atoms with E-state index >= 15 is 0 Å². The Morgan fingerprint density at radius 1 is 0.571 bits per heavy atom. The van der Waals surface area contributed by atoms with Crippen molar-refractivity contribution in [2.24, 2.45) is 0 Å². The molecule has 0 aliphatic carbocycles. The van der Waals surface area contributed by atoms with Gasteiger partial charge in [-0.15, -0.1) is 0 Å². The SMILES string of the molecule is O=C(CC(=O)c1ccc(N2CCCC2)cc1)c1ccc(N2CCCCC2)cc1. The van der Waals surface area contributed by atoms with E-state index in [-0.39, 0.29) is 18.0 Å². The lowest BCUT2D eigenvalue weighted by molar-refractivity contribution is 0.0894. The Labute approximate surface area is 167 Å². The first-order valence-electron chi connectivity index (χ1n) is 10.5. The first kappa shape index (κ1) is 18.7. The third-order valence-corrected chi connectivity index (χ3v) is 5.89. The fourth-order valence-corrected chi connectivity index (χ4v) is 4.19. The Morgan fingerprint density at radius 3 is 1.32 bits per heavy atom. The smallest absolute Gasteiger partial charge is 0.170 e. The van der Waals surface area contributed by atoms with Crippen LogP contribution in [0.4, 0.5) is 11.4 Å². The molecule has 2 aliphatic rings. The minimum atomic E-state index is -0.113. The van der Waals surface area contributed by atoms with E-state index in [0.29, 0.717) is 11.1 Å². The zero-order valence-electron chi connectivity index (χ0n) is 16.4. The highest BCUT2D eigenvalue weighted by Gasteiger charge is 2.17. The van der Waals surface area contributed by atoms with Crippen LogP contribution in [0.2, 0.25) is 0 Å². The number of carbonyl (C=O) groups is 2. The van der Waals surface area contributed by atoms with Gasteiger partial charge in [0.15, 0.2) is 11.6 Å². The second-order valence-electron chi connectivity index (χ2n) is 7.86. The predicted octanol–water partition coefficient (Wildman–Crippen LogP) is 4.73. The Kier molecular flexibility index (Phi) is 5.75. The molecule has 0 saturated carbocycles. The van der Waals surface area contributed by atoms with Crippen LogP contribution in [0.1, 0.15) is 59.2 Å². The normalized spacial score (nSPS) is 17.0. The van der Waals surface area contributed by atoms with E-state index in [9.17, 15) is 9.59 Å². The van der Waals surface area contributed by atoms with Gasteiger partial charge in [0.1, 0.15) is 0 Å². The Balaban J connectivity index is 1.36. The average molecular weight is 377 g/mol. The Bertz CT molecular complexity index is 815. The molecule has 0 spiro atoms. The van der Waals surface area contributed by atoms with E-state index in [2.05, 4.69) is 9.80 Å². The van der Waals surface area contributed by atoms with E-state index in [0.717, 1.165) is 31.9 Å². The number of hydrogen-bond donors (Lipinski definition) is 0. The van der Waals surface area contributed by atoms with Gasteiger partial charge in [-0.25, -0.2) is 0 Å². The second kappa shape index (κ2) is 8.59. The van der Waals surface area contributed by atoms with Crippen molar-refractivity contribution in [3.63, 3.8) is 0 Å². The van der Waals surface area contributed by atoms with Crippen LogP contribution in [0.25, 0.3) is 0 Å². The van der Waals surface area contributed by atoms with Gasteiger partial charge in [-0.3, -0.25) is 9.59 Å². The van der Waals surface area contributed by atoms with E-state index in [1.807, 2.05) is 48.5 Å². The van der Waals surface area contributed by atoms with Gasteiger partial charge in [0.2, 0.25) is 0 Å². The van der Waals surface area contributed by atoms with Crippen molar-refractivity contribution >= 4 is 22.9 Å². The lowest BCUT2D eigenvalue weighted by Gasteiger charge is -2.28. The molecule has 2 heterocycles. The molecule has 0 N–H and O–H groups in total. The molecule has 2 fully saturated rings. The Morgan fingerprint density at radius 2 is 0.929 bits per heavy atom. The third kappa shape index (κ3) is 4.27. The van der Waals surface area contributed by atoms with Crippen molar-refractivity contribution in [3.8, 4) is 0 Å². The summed E-state index contributed by atoms with van der Waals surface area (Å²) in [5.74, 6) is -0.225. The van der Waals surface area contributed by atoms with Crippen molar-refractivity contribution in [2.75, 3.05) is 36.0 Å². The van der Waals surface area contributed by atoms with E-state index in [1.165, 1.54) is 37.8 Å². The lowest BCUT2D eigenvalue weighted by Crippen LogP contribution is -2.29. The summed E-state index contributed by atoms with van der Waals surface area (Å²) < 4.78 is 0. The summed E-state index contributed by atoms with van der Waals surface area (Å²) >= 11 is 0. The predicted molar refractivity (Wildman–Crippen MR) is 114 cm³/mol. The molecular weight excluding hydrogens is 348 g/mol. The van der Waals surface area contributed by atoms with Crippen molar-refractivity contribution in [2.45, 2.75) is 38.5 Å². The monoisotopic (exact) mass is 376 g/mol. The standard InChI is InChI=1S/C24H28N2O2/c27-23(19-6-10-21(11-7-19)25-14-2-1-3-15-25)18-24(28)20-8-12-22(13-9-20)26-16-4-5-17-26/h6-13H,1-5,14-18H2. The molecule has 0 amide bonds. The van der Waals surface area contributed by atoms with Crippen LogP contribution in [0.15, 0.2) is 48.5 Å². The van der Waals surface area contributed by atoms with Crippen LogP contribution >= 0.6 is 0 Å². The maximum absolute atomic E-state index is 12.5. The van der Waals surface area contributed by atoms with Gasteiger partial charge in [-0.05, 0) is 80.6 Å². The number of hydrogen-bond acceptors (Lipinski definition) is 4. The summed E-state index contributed by atoms with van der Waals surface area (Å²) in [4.78, 5) is 29.8. The zero-order chi connectivity index (χ0) is 19.3. The number of nitrogens with zero attached hydrogens (tertiary/aromatic N) is 2. The van der Waals surface area contributed by atoms with Crippen LogP contribution in [-0.4, -0.2) is 37.7 Å². The molecule has 0 radical (unpaired) electrons. The van der Waals surface area contributed by atoms with Gasteiger partial charge >= 0.3 is 0 Å². The molecule has 28 heavy (non-hydrogen) atoms. The number of carbonyl (C=O) groups excluding carboxylic acids is 2. The number of Topliss-reactive ketones (excluding diaryl/α,β-unsaturated/α-hetero) is 2. The minimum Gasteiger partial charge on any atom is -0.372 e. The summed E-state index contributed by atoms with van der Waals surface area (Å²) in [6.07, 6.45) is 6.13. The summed E-state index contributed by atoms with van der Waals surface area (Å²) in [7, 11) is 0. The largest absolute Gasteiger partial charge is 0.372 e. The second-order valence-corrected chi connectivity index (χ2v) is 7.86. The van der Waals surface area contributed by atoms with Gasteiger partial charge in [0.05, 0.1) is 6.42 Å². The van der Waals surface area contributed by atoms with Crippen LogP contribution in [0.5, 0.6) is 0 Å². The van der Waals surface area contributed by atoms with Gasteiger partial charge in [0.25, 0.3) is 0 Å². The highest BCUT2D eigenvalue weighted by atomic mass is 16.1. The number of anilines is 2. The van der Waals surface area contributed by atoms with Crippen molar-refractivity contribution in [1.82, 2.24) is 0 Å². The van der Waals surface area contributed by atoms with Crippen molar-refractivity contribution in [3.05, 3.63) is 59.7 Å². The molecular formula is C24H28N2O2. The lowest BCUT2D eigenvalue weighted by atomic mass is 10.0. The third-order valence-electron chi connectivity index (χ3n) is 5.89. The maximum atomic E-state index is 12.5. The van der Waals surface area contributed by atoms with Gasteiger partial charge < -0.3 is 9.80 Å². The summed E-state index contributed by atoms with van der Waals surface area (Å²) in [5.41, 5.74) is 3.55. The van der Waals surface area contributed by atoms with E-state index in [1.54, 1.807) is 0 Å². The molecule has 2 saturated heterocycles. The van der Waals surface area contributed by atoms with Crippen LogP contribution in [-0.2, 0) is 0 Å². The highest BCUT2D eigenvalue weighted by Crippen LogP contribution is 2.22. The maximum Gasteiger partial charge on any atom is 0.170 e. The summed E-state index contributed by atoms with van der Waals surface area (Å²) in [6.45, 7) is 4.33. The van der Waals surface area contributed by atoms with Gasteiger partial charge in [0, 0.05) is 48.7 Å². The molecule has 146 valence electrons. The first-order valence-corrected chi connectivity index (χ1v) is 10.5. The number of ketones is 2. The quantitative estimate of drug-likeness (QED) is 0.540. The zero-order valence-corrected chi connectivity index (χ0v) is 16.4. The van der Waals surface area contributed by atoms with Crippen molar-refractivity contribution in [1.29, 1.82) is 0 Å². The van der Waals surface area contributed by atoms with E-state index in [4.69, 9.17) is 0 Å². The molecule has 0 unspecified atom stereocenters. The molecule has 4 nitrogen and oxygen atoms in total. The first-order chi connectivity index (χ1) is 13.7. The topological polar surface area (TPSA) is 40.6 Å². The molecule has 0 bridgehead atoms. The molecule has 2 aliphatic heterocycles.